The molecular formula is C19H28N2. The first-order valence-electron chi connectivity index (χ1n) is 8.44. The van der Waals surface area contributed by atoms with Gasteiger partial charge in [-0.1, -0.05) is 37.5 Å². The summed E-state index contributed by atoms with van der Waals surface area (Å²) in [6, 6.07) is 9.35. The van der Waals surface area contributed by atoms with E-state index in [2.05, 4.69) is 55.0 Å². The predicted molar refractivity (Wildman–Crippen MR) is 90.5 cm³/mol. The van der Waals surface area contributed by atoms with Crippen molar-refractivity contribution >= 4 is 10.9 Å². The molecule has 0 radical (unpaired) electrons. The van der Waals surface area contributed by atoms with Gasteiger partial charge in [-0.2, -0.15) is 0 Å². The Balaban J connectivity index is 1.73. The quantitative estimate of drug-likeness (QED) is 0.872. The molecule has 1 aliphatic carbocycles. The molecule has 1 heterocycles. The highest BCUT2D eigenvalue weighted by atomic mass is 15.0. The monoisotopic (exact) mass is 284 g/mol. The van der Waals surface area contributed by atoms with E-state index in [1.807, 2.05) is 0 Å². The average molecular weight is 284 g/mol. The van der Waals surface area contributed by atoms with Gasteiger partial charge in [-0.15, -0.1) is 0 Å². The lowest BCUT2D eigenvalue weighted by molar-refractivity contribution is 0.279. The molecule has 1 saturated carbocycles. The van der Waals surface area contributed by atoms with Crippen LogP contribution >= 0.6 is 0 Å². The number of rotatable bonds is 4. The Morgan fingerprint density at radius 1 is 1.19 bits per heavy atom. The fourth-order valence-electron chi connectivity index (χ4n) is 3.95. The van der Waals surface area contributed by atoms with Gasteiger partial charge in [-0.05, 0) is 44.2 Å². The van der Waals surface area contributed by atoms with Crippen molar-refractivity contribution in [3.8, 4) is 0 Å². The minimum Gasteiger partial charge on any atom is -0.346 e. The lowest BCUT2D eigenvalue weighted by atomic mass is 9.84. The molecule has 1 atom stereocenters. The van der Waals surface area contributed by atoms with Crippen molar-refractivity contribution in [1.82, 2.24) is 9.88 Å². The first kappa shape index (κ1) is 14.6. The molecule has 3 rings (SSSR count). The van der Waals surface area contributed by atoms with Crippen molar-refractivity contribution in [2.45, 2.75) is 58.5 Å². The molecule has 1 aliphatic rings. The Morgan fingerprint density at radius 2 is 1.90 bits per heavy atom. The van der Waals surface area contributed by atoms with Gasteiger partial charge >= 0.3 is 0 Å². The van der Waals surface area contributed by atoms with Gasteiger partial charge in [-0.25, -0.2) is 0 Å². The Hall–Kier alpha value is -1.28. The molecule has 114 valence electrons. The number of aryl methyl sites for hydroxylation is 2. The minimum absolute atomic E-state index is 0.628. The van der Waals surface area contributed by atoms with Gasteiger partial charge in [0.15, 0.2) is 0 Å². The third-order valence-electron chi connectivity index (χ3n) is 5.46. The maximum atomic E-state index is 3.79. The van der Waals surface area contributed by atoms with E-state index in [1.54, 1.807) is 0 Å². The number of hydrogen-bond donors (Lipinski definition) is 1. The molecule has 2 nitrogen and oxygen atoms in total. The number of nitrogens with zero attached hydrogens (tertiary/aromatic N) is 1. The maximum Gasteiger partial charge on any atom is 0.0483 e. The molecule has 1 aromatic carbocycles. The fraction of sp³-hybridized carbons (Fsp3) is 0.579. The Kier molecular flexibility index (Phi) is 4.34. The minimum atomic E-state index is 0.628. The number of hydrogen-bond acceptors (Lipinski definition) is 1. The van der Waals surface area contributed by atoms with Crippen LogP contribution in [0.1, 0.15) is 50.3 Å². The van der Waals surface area contributed by atoms with E-state index in [-0.39, 0.29) is 0 Å². The normalized spacial score (nSPS) is 18.2. The smallest absolute Gasteiger partial charge is 0.0483 e. The number of aromatic nitrogens is 1. The molecule has 2 heteroatoms. The van der Waals surface area contributed by atoms with Gasteiger partial charge in [0.25, 0.3) is 0 Å². The van der Waals surface area contributed by atoms with Crippen LogP contribution in [-0.2, 0) is 13.6 Å². The molecule has 0 bridgehead atoms. The summed E-state index contributed by atoms with van der Waals surface area (Å²) in [5.74, 6) is 0.869. The van der Waals surface area contributed by atoms with Gasteiger partial charge in [0.2, 0.25) is 0 Å². The van der Waals surface area contributed by atoms with Crippen molar-refractivity contribution in [1.29, 1.82) is 0 Å². The lowest BCUT2D eigenvalue weighted by Gasteiger charge is -2.28. The van der Waals surface area contributed by atoms with Gasteiger partial charge < -0.3 is 9.88 Å². The standard InChI is InChI=1S/C19H28N2/c1-14-17-11-7-8-12-18(17)21(3)19(14)13-20-15(2)16-9-5-4-6-10-16/h7-8,11-12,15-16,20H,4-6,9-10,13H2,1-3H3. The Bertz CT molecular complexity index is 566. The molecule has 0 saturated heterocycles. The zero-order valence-corrected chi connectivity index (χ0v) is 13.7. The molecule has 0 spiro atoms. The summed E-state index contributed by atoms with van der Waals surface area (Å²) >= 11 is 0. The molecule has 0 aliphatic heterocycles. The van der Waals surface area contributed by atoms with E-state index in [0.29, 0.717) is 6.04 Å². The molecule has 1 unspecified atom stereocenters. The largest absolute Gasteiger partial charge is 0.346 e. The third kappa shape index (κ3) is 2.87. The summed E-state index contributed by atoms with van der Waals surface area (Å²) in [6.45, 7) is 5.60. The first-order chi connectivity index (χ1) is 10.2. The molecular weight excluding hydrogens is 256 g/mol. The van der Waals surface area contributed by atoms with Gasteiger partial charge in [-0.3, -0.25) is 0 Å². The highest BCUT2D eigenvalue weighted by molar-refractivity contribution is 5.85. The maximum absolute atomic E-state index is 3.79. The van der Waals surface area contributed by atoms with E-state index < -0.39 is 0 Å². The van der Waals surface area contributed by atoms with Gasteiger partial charge in [0.05, 0.1) is 0 Å². The van der Waals surface area contributed by atoms with E-state index >= 15 is 0 Å². The van der Waals surface area contributed by atoms with E-state index in [0.717, 1.165) is 12.5 Å². The second kappa shape index (κ2) is 6.23. The third-order valence-corrected chi connectivity index (χ3v) is 5.46. The van der Waals surface area contributed by atoms with Crippen LogP contribution in [-0.4, -0.2) is 10.6 Å². The van der Waals surface area contributed by atoms with E-state index in [9.17, 15) is 0 Å². The SMILES string of the molecule is Cc1c(CNC(C)C2CCCCC2)n(C)c2ccccc12. The van der Waals surface area contributed by atoms with Crippen LogP contribution in [0.2, 0.25) is 0 Å². The highest BCUT2D eigenvalue weighted by Gasteiger charge is 2.20. The average Bonchev–Trinajstić information content (AvgIpc) is 2.78. The zero-order valence-electron chi connectivity index (χ0n) is 13.7. The molecule has 2 aromatic rings. The summed E-state index contributed by atoms with van der Waals surface area (Å²) in [7, 11) is 2.19. The number of fused-ring (bicyclic) bond motifs is 1. The number of nitrogens with one attached hydrogen (secondary N) is 1. The van der Waals surface area contributed by atoms with E-state index in [4.69, 9.17) is 0 Å². The van der Waals surface area contributed by atoms with Crippen molar-refractivity contribution in [2.24, 2.45) is 13.0 Å². The Labute approximate surface area is 128 Å². The van der Waals surface area contributed by atoms with Crippen LogP contribution < -0.4 is 5.32 Å². The van der Waals surface area contributed by atoms with E-state index in [1.165, 1.54) is 54.3 Å². The number of benzene rings is 1. The first-order valence-corrected chi connectivity index (χ1v) is 8.44. The molecule has 1 aromatic heterocycles. The van der Waals surface area contributed by atoms with Crippen molar-refractivity contribution in [3.05, 3.63) is 35.5 Å². The van der Waals surface area contributed by atoms with Crippen molar-refractivity contribution < 1.29 is 0 Å². The van der Waals surface area contributed by atoms with Crippen LogP contribution in [0.25, 0.3) is 10.9 Å². The van der Waals surface area contributed by atoms with Crippen molar-refractivity contribution in [2.75, 3.05) is 0 Å². The molecule has 0 amide bonds. The van der Waals surface area contributed by atoms with Gasteiger partial charge in [0.1, 0.15) is 0 Å². The predicted octanol–water partition coefficient (Wildman–Crippen LogP) is 4.55. The van der Waals surface area contributed by atoms with Crippen LogP contribution in [0, 0.1) is 12.8 Å². The summed E-state index contributed by atoms with van der Waals surface area (Å²) in [5, 5.41) is 5.18. The second-order valence-electron chi connectivity index (χ2n) is 6.72. The summed E-state index contributed by atoms with van der Waals surface area (Å²) < 4.78 is 2.35. The number of para-hydroxylation sites is 1. The summed E-state index contributed by atoms with van der Waals surface area (Å²) in [4.78, 5) is 0. The second-order valence-corrected chi connectivity index (χ2v) is 6.72. The summed E-state index contributed by atoms with van der Waals surface area (Å²) in [6.07, 6.45) is 7.09. The highest BCUT2D eigenvalue weighted by Crippen LogP contribution is 2.27. The fourth-order valence-corrected chi connectivity index (χ4v) is 3.95. The molecule has 21 heavy (non-hydrogen) atoms. The summed E-state index contributed by atoms with van der Waals surface area (Å²) in [5.41, 5.74) is 4.20. The van der Waals surface area contributed by atoms with Crippen LogP contribution in [0.3, 0.4) is 0 Å². The molecule has 1 N–H and O–H groups in total. The lowest BCUT2D eigenvalue weighted by Crippen LogP contribution is -2.34. The Morgan fingerprint density at radius 3 is 2.62 bits per heavy atom. The van der Waals surface area contributed by atoms with Gasteiger partial charge in [0, 0.05) is 36.2 Å². The van der Waals surface area contributed by atoms with Crippen molar-refractivity contribution in [3.63, 3.8) is 0 Å². The van der Waals surface area contributed by atoms with Crippen LogP contribution in [0.15, 0.2) is 24.3 Å². The molecule has 1 fully saturated rings. The van der Waals surface area contributed by atoms with Crippen LogP contribution in [0.5, 0.6) is 0 Å². The zero-order chi connectivity index (χ0) is 14.8. The van der Waals surface area contributed by atoms with Crippen LogP contribution in [0.4, 0.5) is 0 Å². The topological polar surface area (TPSA) is 17.0 Å².